The molecule has 0 aromatic heterocycles. The second kappa shape index (κ2) is 6.23. The summed E-state index contributed by atoms with van der Waals surface area (Å²) in [4.78, 5) is 0. The standard InChI is InChI=1S/C7H10N/c1-2-3-4-5-6-7-8/h2-3H,1,4-6H2/b3-2-. The summed E-state index contributed by atoms with van der Waals surface area (Å²) in [6.45, 7) is 3.52. The smallest absolute Gasteiger partial charge is 0.0621 e. The molecule has 8 heavy (non-hydrogen) atoms. The van der Waals surface area contributed by atoms with Gasteiger partial charge in [-0.1, -0.05) is 12.2 Å². The number of hydrogen-bond donors (Lipinski definition) is 0. The van der Waals surface area contributed by atoms with E-state index in [1.165, 1.54) is 0 Å². The molecular weight excluding hydrogens is 98.1 g/mol. The highest BCUT2D eigenvalue weighted by Crippen LogP contribution is 1.93. The van der Waals surface area contributed by atoms with Crippen LogP contribution < -0.4 is 0 Å². The summed E-state index contributed by atoms with van der Waals surface area (Å²) in [6.07, 6.45) is 6.33. The summed E-state index contributed by atoms with van der Waals surface area (Å²) in [6, 6.07) is 2.07. The number of rotatable bonds is 3. The van der Waals surface area contributed by atoms with E-state index in [1.54, 1.807) is 6.08 Å². The van der Waals surface area contributed by atoms with Gasteiger partial charge in [-0.15, -0.1) is 0 Å². The Bertz CT molecular complexity index is 97.4. The van der Waals surface area contributed by atoms with Crippen molar-refractivity contribution in [2.24, 2.45) is 0 Å². The van der Waals surface area contributed by atoms with Crippen LogP contribution in [0.5, 0.6) is 0 Å². The van der Waals surface area contributed by atoms with Crippen LogP contribution in [0, 0.1) is 18.3 Å². The lowest BCUT2D eigenvalue weighted by Gasteiger charge is -1.82. The topological polar surface area (TPSA) is 23.8 Å². The van der Waals surface area contributed by atoms with Crippen molar-refractivity contribution in [2.45, 2.75) is 19.3 Å². The van der Waals surface area contributed by atoms with Crippen LogP contribution in [0.3, 0.4) is 0 Å². The average Bonchev–Trinajstić information content (AvgIpc) is 1.81. The molecular formula is C7H10N. The zero-order valence-corrected chi connectivity index (χ0v) is 4.93. The van der Waals surface area contributed by atoms with Gasteiger partial charge in [0.05, 0.1) is 6.07 Å². The van der Waals surface area contributed by atoms with Crippen LogP contribution in [0.2, 0.25) is 0 Å². The first-order valence-corrected chi connectivity index (χ1v) is 2.73. The fourth-order valence-corrected chi connectivity index (χ4v) is 0.417. The Hall–Kier alpha value is -0.770. The lowest BCUT2D eigenvalue weighted by molar-refractivity contribution is 0.876. The maximum atomic E-state index is 8.08. The number of hydrogen-bond acceptors (Lipinski definition) is 1. The first-order valence-electron chi connectivity index (χ1n) is 2.73. The minimum atomic E-state index is 0.657. The number of nitrogens with zero attached hydrogens (tertiary/aromatic N) is 1. The molecule has 0 unspecified atom stereocenters. The summed E-state index contributed by atoms with van der Waals surface area (Å²) in [5.41, 5.74) is 0. The van der Waals surface area contributed by atoms with Crippen LogP contribution in [-0.2, 0) is 0 Å². The zero-order valence-electron chi connectivity index (χ0n) is 4.93. The molecule has 0 aliphatic rings. The van der Waals surface area contributed by atoms with Gasteiger partial charge in [0.1, 0.15) is 0 Å². The van der Waals surface area contributed by atoms with E-state index in [9.17, 15) is 0 Å². The van der Waals surface area contributed by atoms with Crippen LogP contribution in [0.15, 0.2) is 12.2 Å². The van der Waals surface area contributed by atoms with E-state index in [-0.39, 0.29) is 0 Å². The van der Waals surface area contributed by atoms with Crippen LogP contribution in [0.1, 0.15) is 19.3 Å². The minimum Gasteiger partial charge on any atom is -0.198 e. The Morgan fingerprint density at radius 2 is 2.38 bits per heavy atom. The highest BCUT2D eigenvalue weighted by molar-refractivity contribution is 4.84. The molecule has 0 rings (SSSR count). The monoisotopic (exact) mass is 108 g/mol. The predicted octanol–water partition coefficient (Wildman–Crippen LogP) is 2.07. The Kier molecular flexibility index (Phi) is 5.63. The molecule has 0 heterocycles. The SMILES string of the molecule is [CH2]/C=C\CCCC#N. The third kappa shape index (κ3) is 5.23. The molecule has 0 aliphatic heterocycles. The molecule has 1 nitrogen and oxygen atoms in total. The van der Waals surface area contributed by atoms with Crippen LogP contribution in [0.4, 0.5) is 0 Å². The quantitative estimate of drug-likeness (QED) is 0.508. The normalized spacial score (nSPS) is 9.50. The molecule has 0 saturated carbocycles. The second-order valence-electron chi connectivity index (χ2n) is 1.52. The molecule has 1 heteroatoms. The van der Waals surface area contributed by atoms with Crippen LogP contribution in [-0.4, -0.2) is 0 Å². The third-order valence-electron chi connectivity index (χ3n) is 0.826. The van der Waals surface area contributed by atoms with Crippen molar-refractivity contribution in [3.8, 4) is 6.07 Å². The summed E-state index contributed by atoms with van der Waals surface area (Å²) in [5.74, 6) is 0. The van der Waals surface area contributed by atoms with Gasteiger partial charge in [0.25, 0.3) is 0 Å². The molecule has 0 fully saturated rings. The van der Waals surface area contributed by atoms with Crippen molar-refractivity contribution in [3.05, 3.63) is 19.1 Å². The van der Waals surface area contributed by atoms with Gasteiger partial charge < -0.3 is 0 Å². The van der Waals surface area contributed by atoms with E-state index in [0.717, 1.165) is 12.8 Å². The molecule has 0 spiro atoms. The number of nitriles is 1. The van der Waals surface area contributed by atoms with Crippen molar-refractivity contribution < 1.29 is 0 Å². The van der Waals surface area contributed by atoms with Crippen molar-refractivity contribution in [1.82, 2.24) is 0 Å². The summed E-state index contributed by atoms with van der Waals surface area (Å²) >= 11 is 0. The molecule has 0 saturated heterocycles. The van der Waals surface area contributed by atoms with Gasteiger partial charge in [0, 0.05) is 6.42 Å². The van der Waals surface area contributed by atoms with Crippen molar-refractivity contribution >= 4 is 0 Å². The van der Waals surface area contributed by atoms with E-state index < -0.39 is 0 Å². The minimum absolute atomic E-state index is 0.657. The van der Waals surface area contributed by atoms with E-state index in [2.05, 4.69) is 13.0 Å². The highest BCUT2D eigenvalue weighted by Gasteiger charge is 1.77. The predicted molar refractivity (Wildman–Crippen MR) is 34.0 cm³/mol. The molecule has 1 radical (unpaired) electrons. The maximum absolute atomic E-state index is 8.08. The van der Waals surface area contributed by atoms with Gasteiger partial charge in [-0.3, -0.25) is 0 Å². The zero-order chi connectivity index (χ0) is 6.24. The first kappa shape index (κ1) is 7.23. The van der Waals surface area contributed by atoms with Crippen LogP contribution >= 0.6 is 0 Å². The van der Waals surface area contributed by atoms with E-state index in [4.69, 9.17) is 5.26 Å². The fourth-order valence-electron chi connectivity index (χ4n) is 0.417. The van der Waals surface area contributed by atoms with Gasteiger partial charge in [0.15, 0.2) is 0 Å². The van der Waals surface area contributed by atoms with Gasteiger partial charge >= 0.3 is 0 Å². The summed E-state index contributed by atoms with van der Waals surface area (Å²) in [7, 11) is 0. The van der Waals surface area contributed by atoms with E-state index >= 15 is 0 Å². The summed E-state index contributed by atoms with van der Waals surface area (Å²) in [5, 5.41) is 8.08. The van der Waals surface area contributed by atoms with Gasteiger partial charge in [-0.2, -0.15) is 5.26 Å². The summed E-state index contributed by atoms with van der Waals surface area (Å²) < 4.78 is 0. The molecule has 0 N–H and O–H groups in total. The molecule has 0 bridgehead atoms. The van der Waals surface area contributed by atoms with Crippen molar-refractivity contribution in [2.75, 3.05) is 0 Å². The molecule has 0 aliphatic carbocycles. The van der Waals surface area contributed by atoms with Crippen LogP contribution in [0.25, 0.3) is 0 Å². The van der Waals surface area contributed by atoms with Crippen molar-refractivity contribution in [1.29, 1.82) is 5.26 Å². The number of allylic oxidation sites excluding steroid dienone is 2. The Morgan fingerprint density at radius 3 is 2.88 bits per heavy atom. The largest absolute Gasteiger partial charge is 0.198 e. The third-order valence-corrected chi connectivity index (χ3v) is 0.826. The molecule has 0 aromatic rings. The molecule has 0 aromatic carbocycles. The van der Waals surface area contributed by atoms with E-state index in [1.807, 2.05) is 6.08 Å². The van der Waals surface area contributed by atoms with E-state index in [0.29, 0.717) is 6.42 Å². The van der Waals surface area contributed by atoms with Gasteiger partial charge in [0.2, 0.25) is 0 Å². The van der Waals surface area contributed by atoms with Gasteiger partial charge in [-0.05, 0) is 19.8 Å². The lowest BCUT2D eigenvalue weighted by Crippen LogP contribution is -1.66. The second-order valence-corrected chi connectivity index (χ2v) is 1.52. The molecule has 0 atom stereocenters. The molecule has 43 valence electrons. The Balaban J connectivity index is 2.85. The van der Waals surface area contributed by atoms with Gasteiger partial charge in [-0.25, -0.2) is 0 Å². The molecule has 0 amide bonds. The fraction of sp³-hybridized carbons (Fsp3) is 0.429. The Morgan fingerprint density at radius 1 is 1.62 bits per heavy atom. The van der Waals surface area contributed by atoms with Crippen molar-refractivity contribution in [3.63, 3.8) is 0 Å². The number of unbranched alkanes of at least 4 members (excludes halogenated alkanes) is 2. The highest BCUT2D eigenvalue weighted by atomic mass is 14.2. The first-order chi connectivity index (χ1) is 3.91. The Labute approximate surface area is 50.6 Å². The lowest BCUT2D eigenvalue weighted by atomic mass is 10.2. The average molecular weight is 108 g/mol. The maximum Gasteiger partial charge on any atom is 0.0621 e.